The lowest BCUT2D eigenvalue weighted by Crippen LogP contribution is -2.38. The minimum Gasteiger partial charge on any atom is -0.331 e. The number of rotatable bonds is 4. The van der Waals surface area contributed by atoms with Crippen LogP contribution in [-0.2, 0) is 6.18 Å². The number of urea groups is 1. The van der Waals surface area contributed by atoms with Crippen LogP contribution in [0, 0.1) is 17.3 Å². The number of anilines is 1. The highest BCUT2D eigenvalue weighted by Crippen LogP contribution is 2.43. The second-order valence-electron chi connectivity index (χ2n) is 9.54. The van der Waals surface area contributed by atoms with E-state index < -0.39 is 17.8 Å². The molecule has 2 amide bonds. The topological polar surface area (TPSA) is 41.1 Å². The van der Waals surface area contributed by atoms with Crippen molar-refractivity contribution in [2.24, 2.45) is 17.3 Å². The Morgan fingerprint density at radius 3 is 2.16 bits per heavy atom. The van der Waals surface area contributed by atoms with Crippen LogP contribution in [0.1, 0.15) is 63.6 Å². The van der Waals surface area contributed by atoms with Crippen LogP contribution in [-0.4, -0.2) is 6.03 Å². The Bertz CT molecular complexity index is 866. The molecule has 2 aromatic rings. The molecule has 1 saturated carbocycles. The fraction of sp³-hybridized carbons (Fsp3) is 0.480. The maximum absolute atomic E-state index is 13.0. The quantitative estimate of drug-likeness (QED) is 0.518. The molecule has 3 rings (SSSR count). The zero-order valence-electron chi connectivity index (χ0n) is 18.3. The van der Waals surface area contributed by atoms with Crippen molar-refractivity contribution in [3.8, 4) is 0 Å². The second kappa shape index (κ2) is 9.33. The third-order valence-electron chi connectivity index (χ3n) is 6.36. The highest BCUT2D eigenvalue weighted by atomic mass is 19.4. The van der Waals surface area contributed by atoms with E-state index >= 15 is 0 Å². The Hall–Kier alpha value is -2.50. The predicted octanol–water partition coefficient (Wildman–Crippen LogP) is 7.42. The Morgan fingerprint density at radius 1 is 0.935 bits per heavy atom. The van der Waals surface area contributed by atoms with Gasteiger partial charge in [0.1, 0.15) is 0 Å². The van der Waals surface area contributed by atoms with Gasteiger partial charge >= 0.3 is 12.2 Å². The molecule has 0 heterocycles. The molecule has 0 saturated heterocycles. The van der Waals surface area contributed by atoms with E-state index in [-0.39, 0.29) is 23.1 Å². The summed E-state index contributed by atoms with van der Waals surface area (Å²) in [7, 11) is 0. The number of carbonyl (C=O) groups is 1. The molecule has 1 fully saturated rings. The summed E-state index contributed by atoms with van der Waals surface area (Å²) in [6.45, 7) is 6.81. The average molecular weight is 433 g/mol. The van der Waals surface area contributed by atoms with Crippen LogP contribution in [0.15, 0.2) is 54.6 Å². The van der Waals surface area contributed by atoms with Crippen LogP contribution >= 0.6 is 0 Å². The van der Waals surface area contributed by atoms with E-state index in [9.17, 15) is 18.0 Å². The molecule has 2 N–H and O–H groups in total. The van der Waals surface area contributed by atoms with Crippen molar-refractivity contribution in [3.05, 3.63) is 65.7 Å². The highest BCUT2D eigenvalue weighted by molar-refractivity contribution is 5.89. The van der Waals surface area contributed by atoms with E-state index in [0.29, 0.717) is 5.92 Å². The van der Waals surface area contributed by atoms with Crippen LogP contribution in [0.5, 0.6) is 0 Å². The number of benzene rings is 2. The molecule has 0 spiro atoms. The lowest BCUT2D eigenvalue weighted by molar-refractivity contribution is -0.137. The third-order valence-corrected chi connectivity index (χ3v) is 6.36. The predicted molar refractivity (Wildman–Crippen MR) is 118 cm³/mol. The molecule has 168 valence electrons. The molecule has 0 bridgehead atoms. The molecular formula is C25H31F3N2O. The molecular weight excluding hydrogens is 401 g/mol. The molecule has 0 aromatic heterocycles. The lowest BCUT2D eigenvalue weighted by atomic mass is 9.68. The SMILES string of the molecule is CC(C)(C)C1CCC(C(NC(=O)Nc2cccc(C(F)(F)F)c2)c2ccccc2)CC1. The van der Waals surface area contributed by atoms with Crippen LogP contribution in [0.4, 0.5) is 23.7 Å². The van der Waals surface area contributed by atoms with Crippen molar-refractivity contribution < 1.29 is 18.0 Å². The van der Waals surface area contributed by atoms with Gasteiger partial charge in [0.2, 0.25) is 0 Å². The summed E-state index contributed by atoms with van der Waals surface area (Å²) in [6.07, 6.45) is -0.230. The second-order valence-corrected chi connectivity index (χ2v) is 9.54. The van der Waals surface area contributed by atoms with Crippen molar-refractivity contribution in [1.29, 1.82) is 0 Å². The van der Waals surface area contributed by atoms with Crippen LogP contribution < -0.4 is 10.6 Å². The fourth-order valence-electron chi connectivity index (χ4n) is 4.53. The van der Waals surface area contributed by atoms with E-state index in [0.717, 1.165) is 43.4 Å². The minimum absolute atomic E-state index is 0.121. The average Bonchev–Trinajstić information content (AvgIpc) is 2.72. The third kappa shape index (κ3) is 6.25. The Balaban J connectivity index is 1.72. The molecule has 1 unspecified atom stereocenters. The van der Waals surface area contributed by atoms with Gasteiger partial charge in [-0.25, -0.2) is 4.79 Å². The monoisotopic (exact) mass is 432 g/mol. The number of halogens is 3. The van der Waals surface area contributed by atoms with E-state index in [1.54, 1.807) is 0 Å². The van der Waals surface area contributed by atoms with Crippen molar-refractivity contribution in [1.82, 2.24) is 5.32 Å². The van der Waals surface area contributed by atoms with Gasteiger partial charge < -0.3 is 10.6 Å². The van der Waals surface area contributed by atoms with E-state index in [4.69, 9.17) is 0 Å². The van der Waals surface area contributed by atoms with E-state index in [1.807, 2.05) is 30.3 Å². The number of alkyl halides is 3. The highest BCUT2D eigenvalue weighted by Gasteiger charge is 2.34. The molecule has 1 aliphatic carbocycles. The van der Waals surface area contributed by atoms with E-state index in [2.05, 4.69) is 31.4 Å². The van der Waals surface area contributed by atoms with Crippen molar-refractivity contribution in [2.75, 3.05) is 5.32 Å². The van der Waals surface area contributed by atoms with Gasteiger partial charge in [-0.3, -0.25) is 0 Å². The molecule has 1 atom stereocenters. The zero-order chi connectivity index (χ0) is 22.6. The standard InChI is InChI=1S/C25H31F3N2O/c1-24(2,3)19-14-12-18(13-15-19)22(17-8-5-4-6-9-17)30-23(31)29-21-11-7-10-20(16-21)25(26,27)28/h4-11,16,18-19,22H,12-15H2,1-3H3,(H2,29,30,31). The Morgan fingerprint density at radius 2 is 1.58 bits per heavy atom. The first kappa shape index (κ1) is 23.2. The molecule has 1 aliphatic rings. The van der Waals surface area contributed by atoms with Gasteiger partial charge in [0.15, 0.2) is 0 Å². The van der Waals surface area contributed by atoms with Crippen LogP contribution in [0.25, 0.3) is 0 Å². The van der Waals surface area contributed by atoms with Gasteiger partial charge in [-0.2, -0.15) is 13.2 Å². The number of hydrogen-bond acceptors (Lipinski definition) is 1. The Labute approximate surface area is 182 Å². The molecule has 3 nitrogen and oxygen atoms in total. The Kier molecular flexibility index (Phi) is 6.97. The number of amides is 2. The molecule has 0 aliphatic heterocycles. The van der Waals surface area contributed by atoms with Gasteiger partial charge in [0.05, 0.1) is 11.6 Å². The summed E-state index contributed by atoms with van der Waals surface area (Å²) in [4.78, 5) is 12.7. The van der Waals surface area contributed by atoms with Crippen LogP contribution in [0.3, 0.4) is 0 Å². The largest absolute Gasteiger partial charge is 0.416 e. The van der Waals surface area contributed by atoms with Crippen molar-refractivity contribution >= 4 is 11.7 Å². The summed E-state index contributed by atoms with van der Waals surface area (Å²) in [5, 5.41) is 5.61. The molecule has 6 heteroatoms. The number of carbonyl (C=O) groups excluding carboxylic acids is 1. The zero-order valence-corrected chi connectivity index (χ0v) is 18.3. The normalized spacial score (nSPS) is 20.7. The van der Waals surface area contributed by atoms with Gasteiger partial charge in [-0.1, -0.05) is 57.2 Å². The maximum atomic E-state index is 13.0. The molecule has 2 aromatic carbocycles. The first-order valence-corrected chi connectivity index (χ1v) is 10.8. The first-order chi connectivity index (χ1) is 14.5. The summed E-state index contributed by atoms with van der Waals surface area (Å²) >= 11 is 0. The number of nitrogens with one attached hydrogen (secondary N) is 2. The smallest absolute Gasteiger partial charge is 0.331 e. The fourth-order valence-corrected chi connectivity index (χ4v) is 4.53. The van der Waals surface area contributed by atoms with E-state index in [1.165, 1.54) is 12.1 Å². The number of hydrogen-bond donors (Lipinski definition) is 2. The summed E-state index contributed by atoms with van der Waals surface area (Å²) in [5.41, 5.74) is 0.614. The maximum Gasteiger partial charge on any atom is 0.416 e. The summed E-state index contributed by atoms with van der Waals surface area (Å²) in [6, 6.07) is 13.8. The molecule has 31 heavy (non-hydrogen) atoms. The summed E-state index contributed by atoms with van der Waals surface area (Å²) in [5.74, 6) is 0.937. The van der Waals surface area contributed by atoms with Crippen molar-refractivity contribution in [2.45, 2.75) is 58.7 Å². The van der Waals surface area contributed by atoms with Gasteiger partial charge in [-0.05, 0) is 66.7 Å². The summed E-state index contributed by atoms with van der Waals surface area (Å²) < 4.78 is 38.9. The molecule has 0 radical (unpaired) electrons. The van der Waals surface area contributed by atoms with Gasteiger partial charge in [0.25, 0.3) is 0 Å². The minimum atomic E-state index is -4.45. The first-order valence-electron chi connectivity index (χ1n) is 10.8. The van der Waals surface area contributed by atoms with Gasteiger partial charge in [0, 0.05) is 5.69 Å². The van der Waals surface area contributed by atoms with Crippen molar-refractivity contribution in [3.63, 3.8) is 0 Å². The lowest BCUT2D eigenvalue weighted by Gasteiger charge is -2.39. The van der Waals surface area contributed by atoms with Crippen LogP contribution in [0.2, 0.25) is 0 Å². The van der Waals surface area contributed by atoms with Gasteiger partial charge in [-0.15, -0.1) is 0 Å².